The van der Waals surface area contributed by atoms with Crippen LogP contribution in [0.25, 0.3) is 0 Å². The number of carbonyl (C=O) groups excluding carboxylic acids is 3. The second-order valence-electron chi connectivity index (χ2n) is 9.32. The molecule has 0 aliphatic heterocycles. The van der Waals surface area contributed by atoms with E-state index in [9.17, 15) is 14.4 Å². The van der Waals surface area contributed by atoms with E-state index in [1.54, 1.807) is 49.9 Å². The fourth-order valence-electron chi connectivity index (χ4n) is 3.41. The van der Waals surface area contributed by atoms with Crippen molar-refractivity contribution in [3.63, 3.8) is 0 Å². The molecule has 0 aromatic heterocycles. The van der Waals surface area contributed by atoms with Gasteiger partial charge in [-0.25, -0.2) is 4.79 Å². The molecule has 0 bridgehead atoms. The van der Waals surface area contributed by atoms with Crippen molar-refractivity contribution >= 4 is 17.9 Å². The first kappa shape index (κ1) is 29.0. The molecule has 1 rings (SSSR count). The van der Waals surface area contributed by atoms with Gasteiger partial charge in [0.1, 0.15) is 18.2 Å². The molecule has 7 heteroatoms. The minimum atomic E-state index is -0.821. The molecule has 0 saturated heterocycles. The summed E-state index contributed by atoms with van der Waals surface area (Å²) in [6, 6.07) is 6.28. The minimum absolute atomic E-state index is 0.244. The summed E-state index contributed by atoms with van der Waals surface area (Å²) in [5.74, 6) is 1.98. The van der Waals surface area contributed by atoms with Crippen LogP contribution >= 0.6 is 0 Å². The van der Waals surface area contributed by atoms with Gasteiger partial charge in [-0.05, 0) is 51.3 Å². The van der Waals surface area contributed by atoms with Gasteiger partial charge in [-0.3, -0.25) is 9.59 Å². The number of ether oxygens (including phenoxy) is 1. The van der Waals surface area contributed by atoms with Gasteiger partial charge in [-0.15, -0.1) is 6.42 Å². The van der Waals surface area contributed by atoms with Crippen molar-refractivity contribution in [2.24, 2.45) is 0 Å². The van der Waals surface area contributed by atoms with Gasteiger partial charge < -0.3 is 20.3 Å². The number of nitrogens with one attached hydrogen (secondary N) is 2. The number of rotatable bonds is 13. The molecule has 7 nitrogen and oxygen atoms in total. The Kier molecular flexibility index (Phi) is 12.8. The molecule has 1 atom stereocenters. The lowest BCUT2D eigenvalue weighted by atomic mass is 10.0. The predicted octanol–water partition coefficient (Wildman–Crippen LogP) is 4.56. The van der Waals surface area contributed by atoms with Gasteiger partial charge in [0.2, 0.25) is 11.8 Å². The molecule has 188 valence electrons. The van der Waals surface area contributed by atoms with Gasteiger partial charge in [0.25, 0.3) is 0 Å². The number of hydrogen-bond donors (Lipinski definition) is 2. The van der Waals surface area contributed by atoms with Crippen molar-refractivity contribution in [2.75, 3.05) is 19.6 Å². The van der Waals surface area contributed by atoms with Crippen LogP contribution in [0.15, 0.2) is 24.3 Å². The topological polar surface area (TPSA) is 87.7 Å². The smallest absolute Gasteiger partial charge is 0.408 e. The predicted molar refractivity (Wildman–Crippen MR) is 135 cm³/mol. The number of benzene rings is 1. The summed E-state index contributed by atoms with van der Waals surface area (Å²) < 4.78 is 5.24. The summed E-state index contributed by atoms with van der Waals surface area (Å²) in [6.45, 7) is 10.1. The molecule has 2 N–H and O–H groups in total. The molecule has 1 aromatic carbocycles. The maximum Gasteiger partial charge on any atom is 0.408 e. The standard InChI is InChI=1S/C27H41N3O4/c1-7-10-12-18-28-25(32)24(22-16-14-21(9-3)15-17-22)30(19-13-11-8-2)23(31)20-29-26(33)34-27(4,5)6/h3,14-17,24H,7-8,10-13,18-20H2,1-2,4-6H3,(H,28,32)(H,29,33). The Bertz CT molecular complexity index is 822. The van der Waals surface area contributed by atoms with Crippen molar-refractivity contribution in [3.05, 3.63) is 35.4 Å². The van der Waals surface area contributed by atoms with E-state index in [1.165, 1.54) is 0 Å². The van der Waals surface area contributed by atoms with Crippen LogP contribution in [0.4, 0.5) is 4.79 Å². The van der Waals surface area contributed by atoms with E-state index in [0.717, 1.165) is 38.5 Å². The summed E-state index contributed by atoms with van der Waals surface area (Å²) in [7, 11) is 0. The first-order valence-electron chi connectivity index (χ1n) is 12.2. The molecule has 1 unspecified atom stereocenters. The zero-order valence-electron chi connectivity index (χ0n) is 21.4. The Balaban J connectivity index is 3.15. The van der Waals surface area contributed by atoms with Gasteiger partial charge in [-0.2, -0.15) is 0 Å². The zero-order chi connectivity index (χ0) is 25.6. The van der Waals surface area contributed by atoms with Crippen molar-refractivity contribution in [1.82, 2.24) is 15.5 Å². The number of carbonyl (C=O) groups is 3. The van der Waals surface area contributed by atoms with Crippen molar-refractivity contribution < 1.29 is 19.1 Å². The van der Waals surface area contributed by atoms with E-state index < -0.39 is 17.7 Å². The molecule has 0 heterocycles. The second kappa shape index (κ2) is 15.0. The summed E-state index contributed by atoms with van der Waals surface area (Å²) in [5.41, 5.74) is 0.698. The molecule has 0 saturated carbocycles. The van der Waals surface area contributed by atoms with E-state index in [-0.39, 0.29) is 18.4 Å². The monoisotopic (exact) mass is 471 g/mol. The van der Waals surface area contributed by atoms with E-state index >= 15 is 0 Å². The summed E-state index contributed by atoms with van der Waals surface area (Å²) in [4.78, 5) is 40.2. The SMILES string of the molecule is C#Cc1ccc(C(C(=O)NCCCCC)N(CCCCC)C(=O)CNC(=O)OC(C)(C)C)cc1. The van der Waals surface area contributed by atoms with E-state index in [0.29, 0.717) is 24.2 Å². The van der Waals surface area contributed by atoms with Crippen molar-refractivity contribution in [1.29, 1.82) is 0 Å². The molecule has 34 heavy (non-hydrogen) atoms. The van der Waals surface area contributed by atoms with Gasteiger partial charge in [0.05, 0.1) is 0 Å². The maximum absolute atomic E-state index is 13.3. The largest absolute Gasteiger partial charge is 0.444 e. The van der Waals surface area contributed by atoms with Crippen LogP contribution in [0.1, 0.15) is 90.3 Å². The van der Waals surface area contributed by atoms with Crippen LogP contribution in [0, 0.1) is 12.3 Å². The Morgan fingerprint density at radius 2 is 1.62 bits per heavy atom. The lowest BCUT2D eigenvalue weighted by Crippen LogP contribution is -2.48. The quantitative estimate of drug-likeness (QED) is 0.326. The fraction of sp³-hybridized carbons (Fsp3) is 0.593. The molecular weight excluding hydrogens is 430 g/mol. The molecule has 0 aliphatic carbocycles. The summed E-state index contributed by atoms with van der Waals surface area (Å²) in [6.07, 6.45) is 10.4. The van der Waals surface area contributed by atoms with Crippen LogP contribution in [0.2, 0.25) is 0 Å². The van der Waals surface area contributed by atoms with Crippen LogP contribution in [-0.2, 0) is 14.3 Å². The highest BCUT2D eigenvalue weighted by Crippen LogP contribution is 2.23. The number of amides is 3. The third-order valence-corrected chi connectivity index (χ3v) is 5.14. The molecular formula is C27H41N3O4. The summed E-state index contributed by atoms with van der Waals surface area (Å²) in [5, 5.41) is 5.50. The van der Waals surface area contributed by atoms with Gasteiger partial charge in [0, 0.05) is 18.7 Å². The van der Waals surface area contributed by atoms with Gasteiger partial charge in [-0.1, -0.05) is 57.6 Å². The lowest BCUT2D eigenvalue weighted by Gasteiger charge is -2.32. The van der Waals surface area contributed by atoms with Crippen LogP contribution < -0.4 is 10.6 Å². The Hall–Kier alpha value is -3.01. The molecule has 0 aliphatic rings. The van der Waals surface area contributed by atoms with E-state index in [1.807, 2.05) is 0 Å². The van der Waals surface area contributed by atoms with Crippen molar-refractivity contribution in [2.45, 2.75) is 84.8 Å². The second-order valence-corrected chi connectivity index (χ2v) is 9.32. The Morgan fingerprint density at radius 3 is 2.18 bits per heavy atom. The van der Waals surface area contributed by atoms with Crippen molar-refractivity contribution in [3.8, 4) is 12.3 Å². The maximum atomic E-state index is 13.3. The number of unbranched alkanes of at least 4 members (excludes halogenated alkanes) is 4. The zero-order valence-corrected chi connectivity index (χ0v) is 21.4. The number of nitrogens with zero attached hydrogens (tertiary/aromatic N) is 1. The van der Waals surface area contributed by atoms with Gasteiger partial charge >= 0.3 is 6.09 Å². The normalized spacial score (nSPS) is 11.8. The first-order chi connectivity index (χ1) is 16.1. The Labute approximate surface area is 205 Å². The number of terminal acetylenes is 1. The third-order valence-electron chi connectivity index (χ3n) is 5.14. The highest BCUT2D eigenvalue weighted by molar-refractivity contribution is 5.90. The minimum Gasteiger partial charge on any atom is -0.444 e. The molecule has 3 amide bonds. The molecule has 0 radical (unpaired) electrons. The van der Waals surface area contributed by atoms with Crippen LogP contribution in [-0.4, -0.2) is 48.0 Å². The van der Waals surface area contributed by atoms with Crippen LogP contribution in [0.3, 0.4) is 0 Å². The van der Waals surface area contributed by atoms with Gasteiger partial charge in [0.15, 0.2) is 0 Å². The van der Waals surface area contributed by atoms with Crippen LogP contribution in [0.5, 0.6) is 0 Å². The third kappa shape index (κ3) is 10.7. The lowest BCUT2D eigenvalue weighted by molar-refractivity contribution is -0.140. The fourth-order valence-corrected chi connectivity index (χ4v) is 3.41. The first-order valence-corrected chi connectivity index (χ1v) is 12.2. The molecule has 0 fully saturated rings. The average Bonchev–Trinajstić information content (AvgIpc) is 2.79. The highest BCUT2D eigenvalue weighted by Gasteiger charge is 2.31. The summed E-state index contributed by atoms with van der Waals surface area (Å²) >= 11 is 0. The van der Waals surface area contributed by atoms with E-state index in [2.05, 4.69) is 30.4 Å². The Morgan fingerprint density at radius 1 is 1.00 bits per heavy atom. The highest BCUT2D eigenvalue weighted by atomic mass is 16.6. The van der Waals surface area contributed by atoms with E-state index in [4.69, 9.17) is 11.2 Å². The molecule has 1 aromatic rings. The molecule has 0 spiro atoms. The number of hydrogen-bond acceptors (Lipinski definition) is 4. The average molecular weight is 472 g/mol. The number of alkyl carbamates (subject to hydrolysis) is 1.